The molecule has 1 aromatic rings. The second kappa shape index (κ2) is 7.04. The second-order valence-electron chi connectivity index (χ2n) is 4.25. The van der Waals surface area contributed by atoms with Crippen molar-refractivity contribution in [2.45, 2.75) is 40.2 Å². The van der Waals surface area contributed by atoms with E-state index in [4.69, 9.17) is 10.5 Å². The monoisotopic (exact) mass is 263 g/mol. The van der Waals surface area contributed by atoms with Gasteiger partial charge in [-0.2, -0.15) is 0 Å². The van der Waals surface area contributed by atoms with Crippen LogP contribution in [0.25, 0.3) is 0 Å². The van der Waals surface area contributed by atoms with Gasteiger partial charge in [-0.05, 0) is 36.5 Å². The van der Waals surface area contributed by atoms with Gasteiger partial charge >= 0.3 is 5.97 Å². The van der Waals surface area contributed by atoms with Crippen molar-refractivity contribution < 1.29 is 14.3 Å². The Labute approximate surface area is 113 Å². The Morgan fingerprint density at radius 2 is 1.63 bits per heavy atom. The maximum atomic E-state index is 12.2. The lowest BCUT2D eigenvalue weighted by Crippen LogP contribution is -2.21. The minimum atomic E-state index is -0.785. The number of hydrogen-bond acceptors (Lipinski definition) is 4. The number of hydrogen-bond donors (Lipinski definition) is 1. The number of nitrogens with two attached hydrogens (primary N) is 1. The van der Waals surface area contributed by atoms with Gasteiger partial charge in [0, 0.05) is 12.1 Å². The number of carbonyl (C=O) groups excluding carboxylic acids is 2. The third-order valence-electron chi connectivity index (χ3n) is 3.05. The zero-order valence-electron chi connectivity index (χ0n) is 11.8. The lowest BCUT2D eigenvalue weighted by Gasteiger charge is -2.13. The van der Waals surface area contributed by atoms with Crippen molar-refractivity contribution in [2.75, 3.05) is 6.61 Å². The molecule has 0 aliphatic carbocycles. The van der Waals surface area contributed by atoms with Gasteiger partial charge in [-0.25, -0.2) is 4.79 Å². The van der Waals surface area contributed by atoms with E-state index in [0.29, 0.717) is 24.9 Å². The Kier molecular flexibility index (Phi) is 5.70. The lowest BCUT2D eigenvalue weighted by atomic mass is 9.92. The maximum Gasteiger partial charge on any atom is 0.379 e. The molecular formula is C15H21NO3. The fourth-order valence-corrected chi connectivity index (χ4v) is 2.11. The molecule has 104 valence electrons. The molecular weight excluding hydrogens is 242 g/mol. The van der Waals surface area contributed by atoms with E-state index >= 15 is 0 Å². The van der Waals surface area contributed by atoms with E-state index in [0.717, 1.165) is 16.7 Å². The molecule has 1 aromatic carbocycles. The first-order chi connectivity index (χ1) is 9.08. The minimum absolute atomic E-state index is 0.203. The first kappa shape index (κ1) is 15.4. The number of rotatable bonds is 6. The van der Waals surface area contributed by atoms with Crippen LogP contribution in [-0.4, -0.2) is 18.4 Å². The highest BCUT2D eigenvalue weighted by Crippen LogP contribution is 2.20. The van der Waals surface area contributed by atoms with Crippen LogP contribution >= 0.6 is 0 Å². The number of benzene rings is 1. The molecule has 1 rings (SSSR count). The molecule has 0 spiro atoms. The normalized spacial score (nSPS) is 10.3. The van der Waals surface area contributed by atoms with Gasteiger partial charge in [-0.15, -0.1) is 0 Å². The van der Waals surface area contributed by atoms with E-state index in [-0.39, 0.29) is 6.61 Å². The Bertz CT molecular complexity index is 455. The molecule has 0 saturated carbocycles. The van der Waals surface area contributed by atoms with Crippen molar-refractivity contribution in [1.29, 1.82) is 0 Å². The molecule has 4 heteroatoms. The predicted octanol–water partition coefficient (Wildman–Crippen LogP) is 2.02. The Hall–Kier alpha value is -1.68. The van der Waals surface area contributed by atoms with Crippen molar-refractivity contribution in [3.05, 3.63) is 34.4 Å². The molecule has 0 heterocycles. The van der Waals surface area contributed by atoms with E-state index in [1.807, 2.05) is 26.0 Å². The molecule has 0 radical (unpaired) electrons. The van der Waals surface area contributed by atoms with Gasteiger partial charge in [0.2, 0.25) is 0 Å². The van der Waals surface area contributed by atoms with Gasteiger partial charge in [-0.1, -0.05) is 26.0 Å². The summed E-state index contributed by atoms with van der Waals surface area (Å²) in [5.74, 6) is -1.34. The smallest absolute Gasteiger partial charge is 0.379 e. The molecule has 0 amide bonds. The first-order valence-corrected chi connectivity index (χ1v) is 6.65. The van der Waals surface area contributed by atoms with Gasteiger partial charge in [0.05, 0.1) is 6.61 Å². The number of Topliss-reactive ketones (excluding diaryl/α,β-unsaturated/α-hetero) is 1. The Balaban J connectivity index is 3.31. The summed E-state index contributed by atoms with van der Waals surface area (Å²) in [6.07, 6.45) is 1.36. The number of ether oxygens (including phenoxy) is 1. The van der Waals surface area contributed by atoms with E-state index in [1.165, 1.54) is 0 Å². The Morgan fingerprint density at radius 3 is 2.00 bits per heavy atom. The highest BCUT2D eigenvalue weighted by atomic mass is 16.5. The third-order valence-corrected chi connectivity index (χ3v) is 3.05. The quantitative estimate of drug-likeness (QED) is 0.484. The predicted molar refractivity (Wildman–Crippen MR) is 74.1 cm³/mol. The van der Waals surface area contributed by atoms with Crippen LogP contribution < -0.4 is 5.73 Å². The van der Waals surface area contributed by atoms with Gasteiger partial charge in [0.15, 0.2) is 0 Å². The third kappa shape index (κ3) is 3.41. The van der Waals surface area contributed by atoms with Crippen LogP contribution in [0.3, 0.4) is 0 Å². The average Bonchev–Trinajstić information content (AvgIpc) is 2.44. The maximum absolute atomic E-state index is 12.2. The van der Waals surface area contributed by atoms with Crippen LogP contribution in [0, 0.1) is 0 Å². The van der Waals surface area contributed by atoms with Gasteiger partial charge < -0.3 is 10.5 Å². The Morgan fingerprint density at radius 1 is 1.11 bits per heavy atom. The van der Waals surface area contributed by atoms with Crippen LogP contribution in [-0.2, 0) is 28.9 Å². The molecule has 0 unspecified atom stereocenters. The highest BCUT2D eigenvalue weighted by molar-refractivity contribution is 6.41. The second-order valence-corrected chi connectivity index (χ2v) is 4.25. The van der Waals surface area contributed by atoms with Gasteiger partial charge in [0.25, 0.3) is 5.78 Å². The van der Waals surface area contributed by atoms with Gasteiger partial charge in [0.1, 0.15) is 0 Å². The number of esters is 1. The molecule has 0 fully saturated rings. The zero-order valence-corrected chi connectivity index (χ0v) is 11.8. The standard InChI is InChI=1S/C15H21NO3/c1-4-11-7-10(9-16)8-12(5-2)13(11)14(17)15(18)19-6-3/h7-8H,4-6,9,16H2,1-3H3. The fourth-order valence-electron chi connectivity index (χ4n) is 2.11. The molecule has 0 saturated heterocycles. The summed E-state index contributed by atoms with van der Waals surface area (Å²) < 4.78 is 4.80. The summed E-state index contributed by atoms with van der Waals surface area (Å²) in [6.45, 7) is 6.22. The summed E-state index contributed by atoms with van der Waals surface area (Å²) in [5, 5.41) is 0. The fraction of sp³-hybridized carbons (Fsp3) is 0.467. The van der Waals surface area contributed by atoms with Crippen molar-refractivity contribution in [2.24, 2.45) is 5.73 Å². The molecule has 4 nitrogen and oxygen atoms in total. The van der Waals surface area contributed by atoms with E-state index in [1.54, 1.807) is 6.92 Å². The average molecular weight is 263 g/mol. The van der Waals surface area contributed by atoms with Crippen LogP contribution in [0.5, 0.6) is 0 Å². The SMILES string of the molecule is CCOC(=O)C(=O)c1c(CC)cc(CN)cc1CC. The summed E-state index contributed by atoms with van der Waals surface area (Å²) in [4.78, 5) is 23.8. The molecule has 0 aliphatic rings. The summed E-state index contributed by atoms with van der Waals surface area (Å²) in [7, 11) is 0. The number of ketones is 1. The largest absolute Gasteiger partial charge is 0.460 e. The van der Waals surface area contributed by atoms with Crippen LogP contribution in [0.15, 0.2) is 12.1 Å². The van der Waals surface area contributed by atoms with Crippen molar-refractivity contribution in [3.63, 3.8) is 0 Å². The van der Waals surface area contributed by atoms with Crippen LogP contribution in [0.1, 0.15) is 47.8 Å². The summed E-state index contributed by atoms with van der Waals surface area (Å²) in [5.41, 5.74) is 8.84. The van der Waals surface area contributed by atoms with Crippen molar-refractivity contribution in [3.8, 4) is 0 Å². The molecule has 0 bridgehead atoms. The lowest BCUT2D eigenvalue weighted by molar-refractivity contribution is -0.137. The van der Waals surface area contributed by atoms with E-state index in [2.05, 4.69) is 0 Å². The minimum Gasteiger partial charge on any atom is -0.460 e. The molecule has 0 aromatic heterocycles. The highest BCUT2D eigenvalue weighted by Gasteiger charge is 2.23. The summed E-state index contributed by atoms with van der Waals surface area (Å²) >= 11 is 0. The van der Waals surface area contributed by atoms with Crippen molar-refractivity contribution >= 4 is 11.8 Å². The van der Waals surface area contributed by atoms with Crippen LogP contribution in [0.4, 0.5) is 0 Å². The van der Waals surface area contributed by atoms with Crippen molar-refractivity contribution in [1.82, 2.24) is 0 Å². The first-order valence-electron chi connectivity index (χ1n) is 6.65. The number of carbonyl (C=O) groups is 2. The topological polar surface area (TPSA) is 69.4 Å². The molecule has 0 aliphatic heterocycles. The molecule has 0 atom stereocenters. The molecule has 2 N–H and O–H groups in total. The van der Waals surface area contributed by atoms with Crippen LogP contribution in [0.2, 0.25) is 0 Å². The zero-order chi connectivity index (χ0) is 14.4. The summed E-state index contributed by atoms with van der Waals surface area (Å²) in [6, 6.07) is 3.79. The van der Waals surface area contributed by atoms with E-state index in [9.17, 15) is 9.59 Å². The van der Waals surface area contributed by atoms with Gasteiger partial charge in [-0.3, -0.25) is 4.79 Å². The molecule has 19 heavy (non-hydrogen) atoms. The van der Waals surface area contributed by atoms with E-state index < -0.39 is 11.8 Å². The number of aryl methyl sites for hydroxylation is 2.